The molecule has 0 aliphatic heterocycles. The fourth-order valence-corrected chi connectivity index (χ4v) is 1.81. The lowest BCUT2D eigenvalue weighted by Crippen LogP contribution is -2.38. The van der Waals surface area contributed by atoms with Crippen LogP contribution in [0.2, 0.25) is 0 Å². The monoisotopic (exact) mass is 264 g/mol. The molecule has 0 saturated heterocycles. The van der Waals surface area contributed by atoms with E-state index in [4.69, 9.17) is 4.74 Å². The number of carbonyl (C=O) groups is 2. The number of nitrogens with zero attached hydrogens (tertiary/aromatic N) is 2. The summed E-state index contributed by atoms with van der Waals surface area (Å²) in [6.45, 7) is 1.95. The average molecular weight is 264 g/mol. The van der Waals surface area contributed by atoms with Gasteiger partial charge in [-0.1, -0.05) is 0 Å². The van der Waals surface area contributed by atoms with Crippen molar-refractivity contribution in [2.45, 2.75) is 25.8 Å². The van der Waals surface area contributed by atoms with Crippen LogP contribution in [0.1, 0.15) is 30.1 Å². The molecule has 0 spiro atoms. The van der Waals surface area contributed by atoms with Gasteiger partial charge in [0.15, 0.2) is 0 Å². The Hall–Kier alpha value is -2.11. The number of aromatic nitrogens is 1. The van der Waals surface area contributed by atoms with Crippen LogP contribution in [0.25, 0.3) is 0 Å². The Bertz CT molecular complexity index is 485. The Morgan fingerprint density at radius 2 is 2.21 bits per heavy atom. The van der Waals surface area contributed by atoms with E-state index in [0.717, 1.165) is 12.8 Å². The zero-order valence-corrected chi connectivity index (χ0v) is 10.7. The molecule has 0 atom stereocenters. The molecule has 0 aromatic carbocycles. The van der Waals surface area contributed by atoms with Gasteiger partial charge in [0.05, 0.1) is 18.4 Å². The molecule has 0 bridgehead atoms. The molecule has 1 aromatic heterocycles. The molecule has 2 rings (SSSR count). The Morgan fingerprint density at radius 1 is 1.47 bits per heavy atom. The molecule has 0 unspecified atom stereocenters. The highest BCUT2D eigenvalue weighted by Gasteiger charge is 2.34. The van der Waals surface area contributed by atoms with Crippen molar-refractivity contribution in [2.24, 2.45) is 0 Å². The molecule has 19 heavy (non-hydrogen) atoms. The molecule has 1 N–H and O–H groups in total. The van der Waals surface area contributed by atoms with E-state index in [9.17, 15) is 14.7 Å². The summed E-state index contributed by atoms with van der Waals surface area (Å²) in [7, 11) is 0. The van der Waals surface area contributed by atoms with Gasteiger partial charge in [-0.3, -0.25) is 14.6 Å². The van der Waals surface area contributed by atoms with Gasteiger partial charge >= 0.3 is 5.97 Å². The van der Waals surface area contributed by atoms with Gasteiger partial charge in [0.1, 0.15) is 12.3 Å². The maximum atomic E-state index is 12.3. The van der Waals surface area contributed by atoms with Gasteiger partial charge in [-0.05, 0) is 25.8 Å². The van der Waals surface area contributed by atoms with Crippen molar-refractivity contribution in [2.75, 3.05) is 13.2 Å². The third-order valence-electron chi connectivity index (χ3n) is 2.82. The fourth-order valence-electron chi connectivity index (χ4n) is 1.81. The van der Waals surface area contributed by atoms with Crippen LogP contribution in [0.3, 0.4) is 0 Å². The summed E-state index contributed by atoms with van der Waals surface area (Å²) >= 11 is 0. The zero-order valence-electron chi connectivity index (χ0n) is 10.7. The molecule has 6 nitrogen and oxygen atoms in total. The standard InChI is InChI=1S/C13H16N2O4/c1-2-19-12(17)8-15(10-3-4-10)13(18)9-5-11(16)7-14-6-9/h5-7,10,16H,2-4,8H2,1H3. The summed E-state index contributed by atoms with van der Waals surface area (Å²) < 4.78 is 4.86. The Kier molecular flexibility index (Phi) is 3.99. The van der Waals surface area contributed by atoms with E-state index in [-0.39, 0.29) is 29.8 Å². The highest BCUT2D eigenvalue weighted by molar-refractivity contribution is 5.96. The SMILES string of the molecule is CCOC(=O)CN(C(=O)c1cncc(O)c1)C1CC1. The van der Waals surface area contributed by atoms with Crippen molar-refractivity contribution in [1.29, 1.82) is 0 Å². The summed E-state index contributed by atoms with van der Waals surface area (Å²) in [5, 5.41) is 9.34. The van der Waals surface area contributed by atoms with Crippen LogP contribution in [-0.4, -0.2) is 46.1 Å². The Morgan fingerprint density at radius 3 is 2.79 bits per heavy atom. The number of esters is 1. The van der Waals surface area contributed by atoms with Crippen molar-refractivity contribution >= 4 is 11.9 Å². The topological polar surface area (TPSA) is 79.7 Å². The van der Waals surface area contributed by atoms with Crippen molar-refractivity contribution in [3.8, 4) is 5.75 Å². The van der Waals surface area contributed by atoms with Gasteiger partial charge in [0.25, 0.3) is 5.91 Å². The lowest BCUT2D eigenvalue weighted by atomic mass is 10.2. The first-order valence-electron chi connectivity index (χ1n) is 6.22. The fraction of sp³-hybridized carbons (Fsp3) is 0.462. The van der Waals surface area contributed by atoms with Crippen molar-refractivity contribution in [3.05, 3.63) is 24.0 Å². The number of pyridine rings is 1. The quantitative estimate of drug-likeness (QED) is 0.801. The average Bonchev–Trinajstić information content (AvgIpc) is 3.20. The Balaban J connectivity index is 2.10. The molecule has 0 radical (unpaired) electrons. The molecule has 1 saturated carbocycles. The number of hydrogen-bond acceptors (Lipinski definition) is 5. The third kappa shape index (κ3) is 3.43. The molecule has 1 heterocycles. The van der Waals surface area contributed by atoms with E-state index in [0.29, 0.717) is 6.61 Å². The highest BCUT2D eigenvalue weighted by Crippen LogP contribution is 2.28. The normalized spacial score (nSPS) is 13.9. The van der Waals surface area contributed by atoms with Gasteiger partial charge in [-0.15, -0.1) is 0 Å². The van der Waals surface area contributed by atoms with Crippen molar-refractivity contribution < 1.29 is 19.4 Å². The Labute approximate surface area is 111 Å². The molecule has 6 heteroatoms. The number of ether oxygens (including phenoxy) is 1. The molecule has 102 valence electrons. The predicted octanol–water partition coefficient (Wildman–Crippen LogP) is 0.955. The molecule has 1 aliphatic rings. The van der Waals surface area contributed by atoms with Crippen LogP contribution in [0.15, 0.2) is 18.5 Å². The second-order valence-corrected chi connectivity index (χ2v) is 4.40. The molecule has 1 amide bonds. The van der Waals surface area contributed by atoms with Gasteiger partial charge < -0.3 is 14.7 Å². The van der Waals surface area contributed by atoms with Gasteiger partial charge in [-0.2, -0.15) is 0 Å². The minimum atomic E-state index is -0.420. The van der Waals surface area contributed by atoms with Gasteiger partial charge in [-0.25, -0.2) is 0 Å². The van der Waals surface area contributed by atoms with Crippen molar-refractivity contribution in [3.63, 3.8) is 0 Å². The summed E-state index contributed by atoms with van der Waals surface area (Å²) in [6.07, 6.45) is 4.40. The second kappa shape index (κ2) is 5.69. The molecule has 1 fully saturated rings. The largest absolute Gasteiger partial charge is 0.506 e. The lowest BCUT2D eigenvalue weighted by Gasteiger charge is -2.21. The van der Waals surface area contributed by atoms with E-state index in [1.165, 1.54) is 23.4 Å². The molecule has 1 aliphatic carbocycles. The van der Waals surface area contributed by atoms with Crippen LogP contribution in [0, 0.1) is 0 Å². The summed E-state index contributed by atoms with van der Waals surface area (Å²) in [4.78, 5) is 29.0. The molecular formula is C13H16N2O4. The summed E-state index contributed by atoms with van der Waals surface area (Å²) in [6, 6.07) is 1.43. The first kappa shape index (κ1) is 13.3. The van der Waals surface area contributed by atoms with E-state index in [2.05, 4.69) is 4.98 Å². The molecular weight excluding hydrogens is 248 g/mol. The number of amides is 1. The third-order valence-corrected chi connectivity index (χ3v) is 2.82. The maximum Gasteiger partial charge on any atom is 0.325 e. The number of aromatic hydroxyl groups is 1. The maximum absolute atomic E-state index is 12.3. The van der Waals surface area contributed by atoms with Crippen LogP contribution in [0.4, 0.5) is 0 Å². The van der Waals surface area contributed by atoms with E-state index in [1.807, 2.05) is 0 Å². The van der Waals surface area contributed by atoms with Gasteiger partial charge in [0, 0.05) is 12.2 Å². The molecule has 1 aromatic rings. The van der Waals surface area contributed by atoms with Crippen LogP contribution in [-0.2, 0) is 9.53 Å². The first-order chi connectivity index (χ1) is 9.11. The number of hydrogen-bond donors (Lipinski definition) is 1. The van der Waals surface area contributed by atoms with E-state index in [1.54, 1.807) is 6.92 Å². The van der Waals surface area contributed by atoms with Crippen LogP contribution < -0.4 is 0 Å². The van der Waals surface area contributed by atoms with E-state index >= 15 is 0 Å². The summed E-state index contributed by atoms with van der Waals surface area (Å²) in [5.74, 6) is -0.799. The minimum Gasteiger partial charge on any atom is -0.506 e. The van der Waals surface area contributed by atoms with E-state index < -0.39 is 5.97 Å². The number of carbonyl (C=O) groups excluding carboxylic acids is 2. The van der Waals surface area contributed by atoms with Gasteiger partial charge in [0.2, 0.25) is 0 Å². The minimum absolute atomic E-state index is 0.0625. The van der Waals surface area contributed by atoms with Crippen LogP contribution in [0.5, 0.6) is 5.75 Å². The number of rotatable bonds is 5. The summed E-state index contributed by atoms with van der Waals surface area (Å²) in [5.41, 5.74) is 0.274. The first-order valence-corrected chi connectivity index (χ1v) is 6.22. The second-order valence-electron chi connectivity index (χ2n) is 4.40. The smallest absolute Gasteiger partial charge is 0.325 e. The zero-order chi connectivity index (χ0) is 13.8. The van der Waals surface area contributed by atoms with Crippen LogP contribution >= 0.6 is 0 Å². The highest BCUT2D eigenvalue weighted by atomic mass is 16.5. The lowest BCUT2D eigenvalue weighted by molar-refractivity contribution is -0.144. The predicted molar refractivity (Wildman–Crippen MR) is 66.6 cm³/mol. The van der Waals surface area contributed by atoms with Crippen molar-refractivity contribution in [1.82, 2.24) is 9.88 Å².